The van der Waals surface area contributed by atoms with Crippen LogP contribution in [0, 0.1) is 23.2 Å². The third-order valence-electron chi connectivity index (χ3n) is 5.90. The van der Waals surface area contributed by atoms with Crippen molar-refractivity contribution in [3.63, 3.8) is 0 Å². The van der Waals surface area contributed by atoms with E-state index in [1.165, 1.54) is 0 Å². The summed E-state index contributed by atoms with van der Waals surface area (Å²) in [5.74, 6) is 0.263. The minimum Gasteiger partial charge on any atom is -0.480 e. The summed E-state index contributed by atoms with van der Waals surface area (Å²) in [6.45, 7) is 7.07. The van der Waals surface area contributed by atoms with Crippen molar-refractivity contribution >= 4 is 12.1 Å². The quantitative estimate of drug-likeness (QED) is 0.739. The Kier molecular flexibility index (Phi) is 3.49. The first kappa shape index (κ1) is 16.6. The maximum Gasteiger partial charge on any atom is 0.408 e. The summed E-state index contributed by atoms with van der Waals surface area (Å²) in [5.41, 5.74) is -2.09. The van der Waals surface area contributed by atoms with Crippen LogP contribution >= 0.6 is 0 Å². The van der Waals surface area contributed by atoms with Gasteiger partial charge >= 0.3 is 12.1 Å². The average Bonchev–Trinajstić information content (AvgIpc) is 2.28. The van der Waals surface area contributed by atoms with Crippen molar-refractivity contribution in [1.82, 2.24) is 5.32 Å². The van der Waals surface area contributed by atoms with Gasteiger partial charge in [0.15, 0.2) is 0 Å². The van der Waals surface area contributed by atoms with E-state index < -0.39 is 34.7 Å². The summed E-state index contributed by atoms with van der Waals surface area (Å²) in [6.07, 6.45) is 2.26. The summed E-state index contributed by atoms with van der Waals surface area (Å²) >= 11 is 0. The molecule has 6 nitrogen and oxygen atoms in total. The molecule has 0 radical (unpaired) electrons. The summed E-state index contributed by atoms with van der Waals surface area (Å²) in [5, 5.41) is 22.9. The fourth-order valence-electron chi connectivity index (χ4n) is 5.34. The second-order valence-corrected chi connectivity index (χ2v) is 9.04. The number of carboxylic acid groups (broad SMARTS) is 1. The number of aliphatic hydroxyl groups is 1. The molecule has 3 aliphatic carbocycles. The first-order valence-electron chi connectivity index (χ1n) is 8.38. The maximum atomic E-state index is 12.0. The number of alkyl carbamates (subject to hydrolysis) is 1. The summed E-state index contributed by atoms with van der Waals surface area (Å²) in [7, 11) is 0. The SMILES string of the molecule is CC(C)(C)OC(=O)N[C@H](C(=O)O)C1(C)CC2CC3CC(O)(C1)C32. The van der Waals surface area contributed by atoms with Crippen LogP contribution in [0.1, 0.15) is 53.4 Å². The Bertz CT molecular complexity index is 542. The molecule has 0 heterocycles. The number of carbonyl (C=O) groups is 2. The van der Waals surface area contributed by atoms with E-state index in [2.05, 4.69) is 5.32 Å². The highest BCUT2D eigenvalue weighted by Crippen LogP contribution is 2.69. The van der Waals surface area contributed by atoms with Gasteiger partial charge in [-0.3, -0.25) is 0 Å². The molecular formula is C17H27NO5. The zero-order chi connectivity index (χ0) is 17.2. The molecule has 0 aliphatic heterocycles. The third-order valence-corrected chi connectivity index (χ3v) is 5.90. The van der Waals surface area contributed by atoms with Gasteiger partial charge in [0.05, 0.1) is 5.60 Å². The molecule has 3 saturated carbocycles. The zero-order valence-corrected chi connectivity index (χ0v) is 14.3. The number of rotatable bonds is 3. The van der Waals surface area contributed by atoms with Crippen molar-refractivity contribution in [3.8, 4) is 0 Å². The molecule has 0 aromatic carbocycles. The van der Waals surface area contributed by atoms with Crippen LogP contribution in [-0.4, -0.2) is 39.5 Å². The molecule has 130 valence electrons. The van der Waals surface area contributed by atoms with E-state index in [1.807, 2.05) is 6.92 Å². The predicted octanol–water partition coefficient (Wildman–Crippen LogP) is 2.15. The van der Waals surface area contributed by atoms with Gasteiger partial charge in [-0.1, -0.05) is 6.92 Å². The number of nitrogens with one attached hydrogen (secondary N) is 1. The second-order valence-electron chi connectivity index (χ2n) is 9.04. The molecule has 0 spiro atoms. The lowest BCUT2D eigenvalue weighted by molar-refractivity contribution is -0.271. The maximum absolute atomic E-state index is 12.0. The van der Waals surface area contributed by atoms with Crippen molar-refractivity contribution in [1.29, 1.82) is 0 Å². The van der Waals surface area contributed by atoms with Crippen LogP contribution in [0.3, 0.4) is 0 Å². The normalized spacial score (nSPS) is 42.6. The van der Waals surface area contributed by atoms with E-state index in [1.54, 1.807) is 20.8 Å². The first-order chi connectivity index (χ1) is 10.4. The molecule has 3 fully saturated rings. The van der Waals surface area contributed by atoms with Gasteiger partial charge in [0.2, 0.25) is 0 Å². The van der Waals surface area contributed by atoms with Crippen LogP contribution in [0.15, 0.2) is 0 Å². The van der Waals surface area contributed by atoms with Gasteiger partial charge in [-0.05, 0) is 64.2 Å². The van der Waals surface area contributed by atoms with Gasteiger partial charge in [0.25, 0.3) is 0 Å². The van der Waals surface area contributed by atoms with Crippen LogP contribution in [0.25, 0.3) is 0 Å². The molecule has 0 aromatic rings. The van der Waals surface area contributed by atoms with E-state index >= 15 is 0 Å². The van der Waals surface area contributed by atoms with Crippen molar-refractivity contribution in [2.45, 2.75) is 70.6 Å². The molecule has 0 aromatic heterocycles. The largest absolute Gasteiger partial charge is 0.480 e. The predicted molar refractivity (Wildman–Crippen MR) is 82.8 cm³/mol. The Morgan fingerprint density at radius 1 is 1.26 bits per heavy atom. The summed E-state index contributed by atoms with van der Waals surface area (Å²) < 4.78 is 5.20. The minimum atomic E-state index is -1.07. The minimum absolute atomic E-state index is 0.339. The Balaban J connectivity index is 1.75. The highest BCUT2D eigenvalue weighted by molar-refractivity contribution is 5.81. The Hall–Kier alpha value is -1.30. The van der Waals surface area contributed by atoms with Crippen LogP contribution in [0.2, 0.25) is 0 Å². The van der Waals surface area contributed by atoms with E-state index in [0.29, 0.717) is 24.2 Å². The van der Waals surface area contributed by atoms with Gasteiger partial charge in [-0.25, -0.2) is 9.59 Å². The summed E-state index contributed by atoms with van der Waals surface area (Å²) in [4.78, 5) is 23.8. The number of amides is 1. The van der Waals surface area contributed by atoms with E-state index in [0.717, 1.165) is 19.3 Å². The highest BCUT2D eigenvalue weighted by atomic mass is 16.6. The smallest absolute Gasteiger partial charge is 0.408 e. The van der Waals surface area contributed by atoms with E-state index in [9.17, 15) is 19.8 Å². The van der Waals surface area contributed by atoms with E-state index in [4.69, 9.17) is 4.74 Å². The number of aliphatic carboxylic acids is 1. The zero-order valence-electron chi connectivity index (χ0n) is 14.3. The van der Waals surface area contributed by atoms with E-state index in [-0.39, 0.29) is 0 Å². The second kappa shape index (κ2) is 4.85. The lowest BCUT2D eigenvalue weighted by Gasteiger charge is -2.70. The van der Waals surface area contributed by atoms with Crippen LogP contribution < -0.4 is 5.32 Å². The fraction of sp³-hybridized carbons (Fsp3) is 0.882. The van der Waals surface area contributed by atoms with Crippen molar-refractivity contribution in [3.05, 3.63) is 0 Å². The molecule has 5 unspecified atom stereocenters. The topological polar surface area (TPSA) is 95.9 Å². The van der Waals surface area contributed by atoms with Crippen molar-refractivity contribution in [2.75, 3.05) is 0 Å². The van der Waals surface area contributed by atoms with Crippen LogP contribution in [0.5, 0.6) is 0 Å². The molecule has 3 rings (SSSR count). The standard InChI is InChI=1S/C17H27NO5/c1-15(2,3)23-14(21)18-12(13(19)20)16(4)6-9-5-10-7-17(22,8-16)11(9)10/h9-12,22H,5-8H2,1-4H3,(H,18,21)(H,19,20)/t9?,10?,11?,12-,16?,17?/m1/s1. The average molecular weight is 325 g/mol. The number of carbonyl (C=O) groups excluding carboxylic acids is 1. The van der Waals surface area contributed by atoms with Crippen LogP contribution in [-0.2, 0) is 9.53 Å². The molecule has 6 heteroatoms. The molecule has 6 atom stereocenters. The lowest BCUT2D eigenvalue weighted by Crippen LogP contribution is -2.71. The number of hydrogen-bond donors (Lipinski definition) is 3. The Morgan fingerprint density at radius 3 is 2.35 bits per heavy atom. The molecule has 3 N–H and O–H groups in total. The molecular weight excluding hydrogens is 298 g/mol. The number of ether oxygens (including phenoxy) is 1. The Morgan fingerprint density at radius 2 is 1.87 bits per heavy atom. The van der Waals surface area contributed by atoms with Gasteiger partial charge < -0.3 is 20.3 Å². The number of carboxylic acids is 1. The van der Waals surface area contributed by atoms with Gasteiger partial charge in [-0.15, -0.1) is 0 Å². The Labute approximate surface area is 136 Å². The van der Waals surface area contributed by atoms with Crippen molar-refractivity contribution < 1.29 is 24.5 Å². The number of hydrogen-bond acceptors (Lipinski definition) is 4. The van der Waals surface area contributed by atoms with Gasteiger partial charge in [0, 0.05) is 5.41 Å². The van der Waals surface area contributed by atoms with Crippen molar-refractivity contribution in [2.24, 2.45) is 23.2 Å². The molecule has 3 aliphatic rings. The molecule has 1 amide bonds. The first-order valence-corrected chi connectivity index (χ1v) is 8.38. The lowest BCUT2D eigenvalue weighted by atomic mass is 9.37. The summed E-state index contributed by atoms with van der Waals surface area (Å²) in [6, 6.07) is -1.05. The van der Waals surface area contributed by atoms with Crippen LogP contribution in [0.4, 0.5) is 4.79 Å². The molecule has 0 bridgehead atoms. The molecule has 0 saturated heterocycles. The fourth-order valence-corrected chi connectivity index (χ4v) is 5.34. The van der Waals surface area contributed by atoms with Gasteiger partial charge in [0.1, 0.15) is 11.6 Å². The van der Waals surface area contributed by atoms with Gasteiger partial charge in [-0.2, -0.15) is 0 Å². The monoisotopic (exact) mass is 325 g/mol. The third kappa shape index (κ3) is 2.71. The molecule has 23 heavy (non-hydrogen) atoms. The highest BCUT2D eigenvalue weighted by Gasteiger charge is 2.68.